The Morgan fingerprint density at radius 3 is 1.65 bits per heavy atom. The number of unbranched alkanes of at least 4 members (excludes halogenated alkanes) is 3. The third-order valence-corrected chi connectivity index (χ3v) is 19.3. The summed E-state index contributed by atoms with van der Waals surface area (Å²) >= 11 is 4.13. The SMILES string of the molecule is COC(OC1C(OCC(C)C(OC(OC(CO)[C@@H](C)O)[C@H](CO)NC(C)=O)C(O)C(OP(=O)(O)OCCN)C(OC)OC2C(CO)OC(OC3C(O)C(O)C(O)C(O)C3OP(=O)(O)OCCCCCCS)C(N)C2O)OC(CO)C(O)C1O)C(O)C(O)C(O)C(C)COP(=O)(O)OCCN. The van der Waals surface area contributed by atoms with Crippen LogP contribution in [0.5, 0.6) is 0 Å². The number of hydrogen-bond donors (Lipinski definition) is 24. The summed E-state index contributed by atoms with van der Waals surface area (Å²) in [7, 11) is -13.8. The summed E-state index contributed by atoms with van der Waals surface area (Å²) in [5.41, 5.74) is 17.3. The van der Waals surface area contributed by atoms with E-state index in [9.17, 15) is 115 Å². The number of aliphatic hydroxyl groups excluding tert-OH is 16. The Bertz CT molecular complexity index is 2440. The Balaban J connectivity index is 2.19. The fourth-order valence-corrected chi connectivity index (χ4v) is 13.3. The normalized spacial score (nSPS) is 33.0. The molecule has 100 heavy (non-hydrogen) atoms. The molecule has 3 aliphatic rings. The molecule has 594 valence electrons. The summed E-state index contributed by atoms with van der Waals surface area (Å²) in [5.74, 6) is -3.14. The van der Waals surface area contributed by atoms with Gasteiger partial charge in [0, 0.05) is 46.1 Å². The zero-order valence-corrected chi connectivity index (χ0v) is 59.4. The Morgan fingerprint density at radius 1 is 0.560 bits per heavy atom. The minimum Gasteiger partial charge on any atom is -0.394 e. The molecule has 2 aliphatic heterocycles. The summed E-state index contributed by atoms with van der Waals surface area (Å²) in [5, 5.41) is 180. The van der Waals surface area contributed by atoms with E-state index in [1.54, 1.807) is 0 Å². The molecule has 0 aromatic rings. The fraction of sp³-hybridized carbons (Fsp3) is 0.981. The lowest BCUT2D eigenvalue weighted by molar-refractivity contribution is -0.348. The lowest BCUT2D eigenvalue weighted by Crippen LogP contribution is -2.69. The molecule has 31 unspecified atom stereocenters. The number of hydrogen-bond acceptors (Lipinski definition) is 40. The maximum Gasteiger partial charge on any atom is 0.472 e. The van der Waals surface area contributed by atoms with Crippen LogP contribution < -0.4 is 22.5 Å². The van der Waals surface area contributed by atoms with Crippen molar-refractivity contribution in [3.8, 4) is 0 Å². The van der Waals surface area contributed by atoms with E-state index in [0.717, 1.165) is 34.5 Å². The minimum atomic E-state index is -5.62. The Labute approximate surface area is 581 Å². The van der Waals surface area contributed by atoms with E-state index < -0.39 is 272 Å². The number of phosphoric acid groups is 3. The van der Waals surface area contributed by atoms with Crippen LogP contribution >= 0.6 is 36.1 Å². The second kappa shape index (κ2) is 45.1. The van der Waals surface area contributed by atoms with E-state index in [2.05, 4.69) is 22.5 Å². The van der Waals surface area contributed by atoms with E-state index in [1.165, 1.54) is 13.8 Å². The number of phosphoric ester groups is 3. The molecule has 0 radical (unpaired) electrons. The van der Waals surface area contributed by atoms with Crippen molar-refractivity contribution in [2.24, 2.45) is 29.0 Å². The molecule has 3 rings (SSSR count). The van der Waals surface area contributed by atoms with Gasteiger partial charge in [-0.3, -0.25) is 31.9 Å². The minimum absolute atomic E-state index is 0.164. The average Bonchev–Trinajstić information content (AvgIpc) is 0.789. The van der Waals surface area contributed by atoms with Crippen molar-refractivity contribution in [1.82, 2.24) is 5.32 Å². The van der Waals surface area contributed by atoms with Crippen molar-refractivity contribution in [3.05, 3.63) is 0 Å². The van der Waals surface area contributed by atoms with Gasteiger partial charge in [-0.15, -0.1) is 0 Å². The molecule has 3 fully saturated rings. The molecule has 2 saturated heterocycles. The number of rotatable bonds is 50. The largest absolute Gasteiger partial charge is 0.472 e. The van der Waals surface area contributed by atoms with E-state index in [4.69, 9.17) is 87.2 Å². The molecule has 26 N–H and O–H groups in total. The van der Waals surface area contributed by atoms with Crippen LogP contribution in [0.4, 0.5) is 0 Å². The number of aliphatic hydroxyl groups is 16. The molecule has 0 bridgehead atoms. The third-order valence-electron chi connectivity index (χ3n) is 16.0. The number of thiol groups is 1. The third kappa shape index (κ3) is 27.9. The van der Waals surface area contributed by atoms with Crippen molar-refractivity contribution in [2.45, 2.75) is 225 Å². The van der Waals surface area contributed by atoms with Crippen LogP contribution in [-0.4, -0.2) is 367 Å². The first-order valence-electron chi connectivity index (χ1n) is 31.7. The van der Waals surface area contributed by atoms with E-state index in [1.807, 2.05) is 0 Å². The highest BCUT2D eigenvalue weighted by atomic mass is 32.1. The highest BCUT2D eigenvalue weighted by Crippen LogP contribution is 2.49. The van der Waals surface area contributed by atoms with Gasteiger partial charge in [0.05, 0.1) is 83.8 Å². The molecule has 33 atom stereocenters. The number of ether oxygens (including phenoxy) is 10. The first kappa shape index (κ1) is 93.2. The van der Waals surface area contributed by atoms with Crippen molar-refractivity contribution in [2.75, 3.05) is 92.5 Å². The fourth-order valence-electron chi connectivity index (χ4n) is 10.4. The van der Waals surface area contributed by atoms with Crippen molar-refractivity contribution < 1.29 is 189 Å². The second-order valence-corrected chi connectivity index (χ2v) is 28.5. The van der Waals surface area contributed by atoms with Crippen molar-refractivity contribution >= 4 is 42.0 Å². The van der Waals surface area contributed by atoms with E-state index >= 15 is 0 Å². The summed E-state index contributed by atoms with van der Waals surface area (Å²) in [4.78, 5) is 44.5. The van der Waals surface area contributed by atoms with E-state index in [-0.39, 0.29) is 19.6 Å². The number of amides is 1. The standard InChI is InChI=1S/C53H107N4O39P3S/c1-23(22-87-97(75,76)85-14-11-54)32(64)35(67)41(73)51(81-5)94-47-38(70)33(65)29(19-60)89-53(47)83-21-24(2)43(91-49(27(17-58)57-26(4)63)88-28(18-59)25(3)62)42(74)48(96-99(79,80)86-15-12-55)52(82-6)92-44-30(20-61)90-50(31(56)34(44)66)93-45-39(71)36(68)37(69)40(72)46(45)95-98(77,78)84-13-9-7-8-10-16-100/h23-25,27-53,58-62,64-74,100H,7-22,54-56H2,1-6H3,(H,57,63)(H,75,76)(H,77,78)(H,79,80)/t23?,24?,25-,27+,28?,29?,30?,31?,32?,33?,34?,35?,36?,37?,38?,39?,40?,41?,42?,43?,44?,45?,46?,47?,48?,49?,50?,51?,52?,53?/m1/s1. The maximum absolute atomic E-state index is 13.9. The average molecular weight is 1550 g/mol. The zero-order chi connectivity index (χ0) is 75.7. The van der Waals surface area contributed by atoms with Crippen LogP contribution in [0.15, 0.2) is 0 Å². The topological polar surface area (TPSA) is 690 Å². The summed E-state index contributed by atoms with van der Waals surface area (Å²) in [6.45, 7) is -3.54. The highest BCUT2D eigenvalue weighted by molar-refractivity contribution is 7.80. The van der Waals surface area contributed by atoms with Gasteiger partial charge in [-0.2, -0.15) is 12.6 Å². The van der Waals surface area contributed by atoms with Crippen LogP contribution in [0.3, 0.4) is 0 Å². The van der Waals surface area contributed by atoms with Crippen molar-refractivity contribution in [3.63, 3.8) is 0 Å². The summed E-state index contributed by atoms with van der Waals surface area (Å²) in [6, 6.07) is -3.72. The molecule has 1 aliphatic carbocycles. The van der Waals surface area contributed by atoms with Gasteiger partial charge in [0.15, 0.2) is 31.5 Å². The molecule has 0 aromatic heterocycles. The van der Waals surface area contributed by atoms with Crippen LogP contribution in [0.25, 0.3) is 0 Å². The first-order chi connectivity index (χ1) is 46.9. The molecule has 43 nitrogen and oxygen atoms in total. The predicted octanol–water partition coefficient (Wildman–Crippen LogP) is -9.37. The highest BCUT2D eigenvalue weighted by Gasteiger charge is 2.57. The van der Waals surface area contributed by atoms with Gasteiger partial charge in [0.2, 0.25) is 5.91 Å². The monoisotopic (exact) mass is 1550 g/mol. The number of nitrogens with two attached hydrogens (primary N) is 3. The molecule has 47 heteroatoms. The van der Waals surface area contributed by atoms with Crippen LogP contribution in [-0.2, 0) is 93.0 Å². The summed E-state index contributed by atoms with van der Waals surface area (Å²) in [6.07, 6.45) is -53.8. The summed E-state index contributed by atoms with van der Waals surface area (Å²) < 4.78 is 128. The molecule has 2 heterocycles. The zero-order valence-electron chi connectivity index (χ0n) is 55.8. The van der Waals surface area contributed by atoms with Gasteiger partial charge in [-0.05, 0) is 25.5 Å². The molecule has 0 spiro atoms. The Hall–Kier alpha value is -1.01. The lowest BCUT2D eigenvalue weighted by atomic mass is 9.84. The van der Waals surface area contributed by atoms with Crippen molar-refractivity contribution in [1.29, 1.82) is 0 Å². The van der Waals surface area contributed by atoms with Crippen LogP contribution in [0.1, 0.15) is 53.4 Å². The van der Waals surface area contributed by atoms with Crippen LogP contribution in [0.2, 0.25) is 0 Å². The van der Waals surface area contributed by atoms with Gasteiger partial charge < -0.3 is 166 Å². The molecule has 0 aromatic carbocycles. The van der Waals surface area contributed by atoms with Crippen LogP contribution in [0, 0.1) is 11.8 Å². The Kier molecular flexibility index (Phi) is 42.0. The van der Waals surface area contributed by atoms with E-state index in [0.29, 0.717) is 18.6 Å². The van der Waals surface area contributed by atoms with Gasteiger partial charge in [-0.1, -0.05) is 26.7 Å². The lowest BCUT2D eigenvalue weighted by Gasteiger charge is -2.48. The molecule has 1 amide bonds. The Morgan fingerprint density at radius 2 is 1.11 bits per heavy atom. The predicted molar refractivity (Wildman–Crippen MR) is 336 cm³/mol. The number of carbonyl (C=O) groups excluding carboxylic acids is 1. The van der Waals surface area contributed by atoms with Gasteiger partial charge in [0.25, 0.3) is 0 Å². The number of nitrogens with one attached hydrogen (secondary N) is 1. The molecular weight excluding hydrogens is 1440 g/mol. The maximum atomic E-state index is 13.9. The number of carbonyl (C=O) groups is 1. The first-order valence-corrected chi connectivity index (χ1v) is 36.9. The van der Waals surface area contributed by atoms with Gasteiger partial charge in [-0.25, -0.2) is 13.7 Å². The van der Waals surface area contributed by atoms with Gasteiger partial charge >= 0.3 is 23.5 Å². The quantitative estimate of drug-likeness (QED) is 0.0116. The molecule has 1 saturated carbocycles. The molecular formula is C53H107N4O39P3S. The second-order valence-electron chi connectivity index (χ2n) is 23.8. The van der Waals surface area contributed by atoms with Gasteiger partial charge in [0.1, 0.15) is 116 Å². The number of methoxy groups -OCH3 is 2. The smallest absolute Gasteiger partial charge is 0.394 e.